The topological polar surface area (TPSA) is 32.3 Å². The van der Waals surface area contributed by atoms with E-state index < -0.39 is 0 Å². The lowest BCUT2D eigenvalue weighted by molar-refractivity contribution is 0.243. The monoisotopic (exact) mass is 261 g/mol. The molecule has 4 heteroatoms. The molecule has 0 bridgehead atoms. The lowest BCUT2D eigenvalue weighted by atomic mass is 10.1. The highest BCUT2D eigenvalue weighted by atomic mass is 79.9. The van der Waals surface area contributed by atoms with Crippen molar-refractivity contribution in [1.82, 2.24) is 5.32 Å². The number of rotatable bonds is 4. The van der Waals surface area contributed by atoms with Gasteiger partial charge in [0.25, 0.3) is 0 Å². The summed E-state index contributed by atoms with van der Waals surface area (Å²) in [5, 5.41) is 12.1. The Balaban J connectivity index is 2.92. The van der Waals surface area contributed by atoms with Crippen LogP contribution in [0.5, 0.6) is 0 Å². The second-order valence-corrected chi connectivity index (χ2v) is 3.87. The summed E-state index contributed by atoms with van der Waals surface area (Å²) in [7, 11) is 0. The Bertz CT molecular complexity index is 306. The number of benzene rings is 1. The third-order valence-electron chi connectivity index (χ3n) is 1.97. The van der Waals surface area contributed by atoms with Crippen molar-refractivity contribution >= 4 is 15.9 Å². The summed E-state index contributed by atoms with van der Waals surface area (Å²) in [6.45, 7) is 2.51. The van der Waals surface area contributed by atoms with Crippen molar-refractivity contribution in [2.75, 3.05) is 13.2 Å². The fourth-order valence-corrected chi connectivity index (χ4v) is 1.64. The first-order valence-electron chi connectivity index (χ1n) is 4.48. The maximum atomic E-state index is 13.4. The zero-order chi connectivity index (χ0) is 10.6. The van der Waals surface area contributed by atoms with Crippen LogP contribution < -0.4 is 5.32 Å². The molecule has 0 aliphatic heterocycles. The Kier molecular flexibility index (Phi) is 4.51. The van der Waals surface area contributed by atoms with E-state index in [2.05, 4.69) is 21.2 Å². The van der Waals surface area contributed by atoms with E-state index in [1.807, 2.05) is 6.92 Å². The second-order valence-electron chi connectivity index (χ2n) is 2.96. The van der Waals surface area contributed by atoms with E-state index >= 15 is 0 Å². The first-order valence-corrected chi connectivity index (χ1v) is 5.27. The fraction of sp³-hybridized carbons (Fsp3) is 0.400. The molecule has 2 N–H and O–H groups in total. The minimum Gasteiger partial charge on any atom is -0.394 e. The third kappa shape index (κ3) is 2.77. The first kappa shape index (κ1) is 11.6. The molecule has 1 atom stereocenters. The molecule has 14 heavy (non-hydrogen) atoms. The first-order chi connectivity index (χ1) is 6.69. The fourth-order valence-electron chi connectivity index (χ4n) is 1.30. The summed E-state index contributed by atoms with van der Waals surface area (Å²) in [6, 6.07) is 4.50. The average molecular weight is 262 g/mol. The molecule has 0 saturated carbocycles. The Morgan fingerprint density at radius 3 is 2.79 bits per heavy atom. The maximum absolute atomic E-state index is 13.4. The van der Waals surface area contributed by atoms with Crippen molar-refractivity contribution < 1.29 is 9.50 Å². The van der Waals surface area contributed by atoms with Crippen molar-refractivity contribution in [1.29, 1.82) is 0 Å². The van der Waals surface area contributed by atoms with Crippen molar-refractivity contribution in [2.45, 2.75) is 13.0 Å². The quantitative estimate of drug-likeness (QED) is 0.872. The van der Waals surface area contributed by atoms with E-state index in [0.29, 0.717) is 16.6 Å². The number of hydrogen-bond donors (Lipinski definition) is 2. The van der Waals surface area contributed by atoms with Crippen LogP contribution in [0.4, 0.5) is 4.39 Å². The standard InChI is InChI=1S/C10H13BrFNO/c1-2-13-10(6-14)8-4-3-7(11)5-9(8)12/h3-5,10,13-14H,2,6H2,1H3. The normalized spacial score (nSPS) is 12.9. The van der Waals surface area contributed by atoms with Gasteiger partial charge in [-0.15, -0.1) is 0 Å². The minimum absolute atomic E-state index is 0.105. The van der Waals surface area contributed by atoms with Crippen LogP contribution >= 0.6 is 15.9 Å². The summed E-state index contributed by atoms with van der Waals surface area (Å²) < 4.78 is 14.1. The maximum Gasteiger partial charge on any atom is 0.129 e. The molecule has 0 aliphatic carbocycles. The molecule has 0 spiro atoms. The average Bonchev–Trinajstić information content (AvgIpc) is 2.15. The SMILES string of the molecule is CCNC(CO)c1ccc(Br)cc1F. The van der Waals surface area contributed by atoms with E-state index in [9.17, 15) is 4.39 Å². The molecule has 2 nitrogen and oxygen atoms in total. The molecule has 0 aromatic heterocycles. The zero-order valence-corrected chi connectivity index (χ0v) is 9.51. The second kappa shape index (κ2) is 5.44. The zero-order valence-electron chi connectivity index (χ0n) is 7.93. The predicted octanol–water partition coefficient (Wildman–Crippen LogP) is 2.23. The van der Waals surface area contributed by atoms with Gasteiger partial charge in [-0.3, -0.25) is 0 Å². The van der Waals surface area contributed by atoms with Crippen molar-refractivity contribution in [3.8, 4) is 0 Å². The van der Waals surface area contributed by atoms with Gasteiger partial charge in [-0.05, 0) is 18.7 Å². The van der Waals surface area contributed by atoms with Gasteiger partial charge in [-0.25, -0.2) is 4.39 Å². The van der Waals surface area contributed by atoms with Crippen LogP contribution in [0, 0.1) is 5.82 Å². The van der Waals surface area contributed by atoms with E-state index in [1.165, 1.54) is 6.07 Å². The van der Waals surface area contributed by atoms with E-state index in [0.717, 1.165) is 0 Å². The van der Waals surface area contributed by atoms with Gasteiger partial charge in [0.15, 0.2) is 0 Å². The molecule has 1 unspecified atom stereocenters. The largest absolute Gasteiger partial charge is 0.394 e. The summed E-state index contributed by atoms with van der Waals surface area (Å²) in [5.41, 5.74) is 0.498. The van der Waals surface area contributed by atoms with Gasteiger partial charge >= 0.3 is 0 Å². The number of likely N-dealkylation sites (N-methyl/N-ethyl adjacent to an activating group) is 1. The summed E-state index contributed by atoms with van der Waals surface area (Å²) in [6.07, 6.45) is 0. The van der Waals surface area contributed by atoms with Gasteiger partial charge in [0, 0.05) is 10.0 Å². The van der Waals surface area contributed by atoms with Crippen LogP contribution in [-0.4, -0.2) is 18.3 Å². The van der Waals surface area contributed by atoms with Gasteiger partial charge in [0.2, 0.25) is 0 Å². The highest BCUT2D eigenvalue weighted by Crippen LogP contribution is 2.20. The van der Waals surface area contributed by atoms with E-state index in [4.69, 9.17) is 5.11 Å². The van der Waals surface area contributed by atoms with Crippen LogP contribution in [0.3, 0.4) is 0 Å². The van der Waals surface area contributed by atoms with Crippen molar-refractivity contribution in [2.24, 2.45) is 0 Å². The number of aliphatic hydroxyl groups is 1. The Morgan fingerprint density at radius 2 is 2.29 bits per heavy atom. The molecule has 0 radical (unpaired) electrons. The van der Waals surface area contributed by atoms with Crippen LogP contribution in [0.2, 0.25) is 0 Å². The molecular formula is C10H13BrFNO. The van der Waals surface area contributed by atoms with Gasteiger partial charge in [0.1, 0.15) is 5.82 Å². The van der Waals surface area contributed by atoms with Crippen LogP contribution in [-0.2, 0) is 0 Å². The van der Waals surface area contributed by atoms with Gasteiger partial charge in [0.05, 0.1) is 12.6 Å². The predicted molar refractivity (Wildman–Crippen MR) is 57.6 cm³/mol. The number of nitrogens with one attached hydrogen (secondary N) is 1. The Labute approximate surface area is 91.3 Å². The highest BCUT2D eigenvalue weighted by molar-refractivity contribution is 9.10. The molecule has 78 valence electrons. The molecule has 1 rings (SSSR count). The molecular weight excluding hydrogens is 249 g/mol. The molecule has 0 heterocycles. The van der Waals surface area contributed by atoms with Crippen LogP contribution in [0.1, 0.15) is 18.5 Å². The lowest BCUT2D eigenvalue weighted by Crippen LogP contribution is -2.24. The van der Waals surface area contributed by atoms with Gasteiger partial charge in [-0.2, -0.15) is 0 Å². The third-order valence-corrected chi connectivity index (χ3v) is 2.46. The van der Waals surface area contributed by atoms with Crippen molar-refractivity contribution in [3.05, 3.63) is 34.1 Å². The number of halogens is 2. The Morgan fingerprint density at radius 1 is 1.57 bits per heavy atom. The van der Waals surface area contributed by atoms with E-state index in [-0.39, 0.29) is 18.5 Å². The Hall–Kier alpha value is -0.450. The number of aliphatic hydroxyl groups excluding tert-OH is 1. The van der Waals surface area contributed by atoms with E-state index in [1.54, 1.807) is 12.1 Å². The minimum atomic E-state index is -0.326. The van der Waals surface area contributed by atoms with Crippen LogP contribution in [0.15, 0.2) is 22.7 Å². The van der Waals surface area contributed by atoms with Crippen molar-refractivity contribution in [3.63, 3.8) is 0 Å². The lowest BCUT2D eigenvalue weighted by Gasteiger charge is -2.16. The molecule has 0 amide bonds. The molecule has 0 aliphatic rings. The summed E-state index contributed by atoms with van der Waals surface area (Å²) >= 11 is 3.18. The molecule has 1 aromatic carbocycles. The highest BCUT2D eigenvalue weighted by Gasteiger charge is 2.13. The molecule has 0 saturated heterocycles. The summed E-state index contributed by atoms with van der Waals surface area (Å²) in [4.78, 5) is 0. The molecule has 1 aromatic rings. The smallest absolute Gasteiger partial charge is 0.129 e. The van der Waals surface area contributed by atoms with Gasteiger partial charge < -0.3 is 10.4 Å². The molecule has 0 fully saturated rings. The number of hydrogen-bond acceptors (Lipinski definition) is 2. The van der Waals surface area contributed by atoms with Gasteiger partial charge in [-0.1, -0.05) is 28.9 Å². The summed E-state index contributed by atoms with van der Waals surface area (Å²) in [5.74, 6) is -0.306. The van der Waals surface area contributed by atoms with Crippen LogP contribution in [0.25, 0.3) is 0 Å².